The van der Waals surface area contributed by atoms with Gasteiger partial charge in [-0.3, -0.25) is 4.79 Å². The van der Waals surface area contributed by atoms with Crippen molar-refractivity contribution in [3.05, 3.63) is 23.9 Å². The molecule has 4 bridgehead atoms. The highest BCUT2D eigenvalue weighted by Crippen LogP contribution is 2.61. The molecule has 146 valence electrons. The van der Waals surface area contributed by atoms with Crippen molar-refractivity contribution in [2.24, 2.45) is 23.2 Å². The second kappa shape index (κ2) is 7.46. The number of ether oxygens (including phenoxy) is 1. The number of esters is 1. The van der Waals surface area contributed by atoms with E-state index in [0.29, 0.717) is 10.6 Å². The van der Waals surface area contributed by atoms with Crippen LogP contribution in [-0.4, -0.2) is 35.8 Å². The smallest absolute Gasteiger partial charge is 0.341 e. The number of rotatable bonds is 6. The van der Waals surface area contributed by atoms with Crippen molar-refractivity contribution in [2.75, 3.05) is 12.9 Å². The molecule has 0 spiro atoms. The summed E-state index contributed by atoms with van der Waals surface area (Å²) in [6, 6.07) is 3.51. The van der Waals surface area contributed by atoms with Crippen LogP contribution in [-0.2, 0) is 9.53 Å². The maximum Gasteiger partial charge on any atom is 0.341 e. The first-order chi connectivity index (χ1) is 13.0. The van der Waals surface area contributed by atoms with Gasteiger partial charge in [-0.25, -0.2) is 9.78 Å². The van der Waals surface area contributed by atoms with Gasteiger partial charge in [0.2, 0.25) is 0 Å². The normalized spacial score (nSPS) is 32.1. The predicted molar refractivity (Wildman–Crippen MR) is 105 cm³/mol. The molecule has 5 nitrogen and oxygen atoms in total. The Kier molecular flexibility index (Phi) is 5.19. The van der Waals surface area contributed by atoms with Crippen LogP contribution in [0.1, 0.15) is 55.8 Å². The van der Waals surface area contributed by atoms with Gasteiger partial charge in [-0.15, -0.1) is 11.8 Å². The van der Waals surface area contributed by atoms with E-state index in [1.807, 2.05) is 6.26 Å². The lowest BCUT2D eigenvalue weighted by molar-refractivity contribution is -0.128. The fourth-order valence-electron chi connectivity index (χ4n) is 6.06. The Labute approximate surface area is 165 Å². The number of pyridine rings is 1. The molecule has 6 heteroatoms. The summed E-state index contributed by atoms with van der Waals surface area (Å²) in [6.07, 6.45) is 11.4. The standard InChI is InChI=1S/C21H28N2O3S/c1-13(21-9-14-6-15(10-21)8-16(7-14)11-21)23-18(24)12-26-20(25)17-4-3-5-22-19(17)27-2/h3-5,13-16H,6-12H2,1-2H3,(H,23,24)/t13-,14?,15?,16?,21?/m1/s1. The second-order valence-electron chi connectivity index (χ2n) is 8.71. The van der Waals surface area contributed by atoms with Crippen molar-refractivity contribution >= 4 is 23.6 Å². The minimum Gasteiger partial charge on any atom is -0.452 e. The van der Waals surface area contributed by atoms with Crippen LogP contribution in [0.3, 0.4) is 0 Å². The SMILES string of the molecule is CSc1ncccc1C(=O)OCC(=O)N[C@H](C)C12CC3CC(CC(C3)C1)C2. The quantitative estimate of drug-likeness (QED) is 0.595. The highest BCUT2D eigenvalue weighted by atomic mass is 32.2. The second-order valence-corrected chi connectivity index (χ2v) is 9.50. The molecule has 0 radical (unpaired) electrons. The van der Waals surface area contributed by atoms with Gasteiger partial charge in [0.05, 0.1) is 5.56 Å². The summed E-state index contributed by atoms with van der Waals surface area (Å²) in [5, 5.41) is 3.75. The van der Waals surface area contributed by atoms with Gasteiger partial charge in [0, 0.05) is 12.2 Å². The number of aromatic nitrogens is 1. The molecule has 0 saturated heterocycles. The van der Waals surface area contributed by atoms with E-state index in [4.69, 9.17) is 4.74 Å². The van der Waals surface area contributed by atoms with E-state index in [-0.39, 0.29) is 24.0 Å². The zero-order valence-corrected chi connectivity index (χ0v) is 16.9. The molecule has 0 aromatic carbocycles. The summed E-state index contributed by atoms with van der Waals surface area (Å²) >= 11 is 1.39. The molecule has 1 heterocycles. The molecule has 4 aliphatic rings. The van der Waals surface area contributed by atoms with Crippen LogP contribution in [0.25, 0.3) is 0 Å². The summed E-state index contributed by atoms with van der Waals surface area (Å²) in [5.41, 5.74) is 0.663. The zero-order chi connectivity index (χ0) is 19.0. The number of hydrogen-bond acceptors (Lipinski definition) is 5. The van der Waals surface area contributed by atoms with E-state index in [1.165, 1.54) is 50.3 Å². The van der Waals surface area contributed by atoms with Gasteiger partial charge >= 0.3 is 5.97 Å². The Bertz CT molecular complexity index is 701. The van der Waals surface area contributed by atoms with E-state index in [1.54, 1.807) is 18.3 Å². The molecule has 27 heavy (non-hydrogen) atoms. The first-order valence-corrected chi connectivity index (χ1v) is 11.2. The van der Waals surface area contributed by atoms with Gasteiger partial charge in [0.25, 0.3) is 5.91 Å². The number of nitrogens with one attached hydrogen (secondary N) is 1. The topological polar surface area (TPSA) is 68.3 Å². The van der Waals surface area contributed by atoms with Crippen molar-refractivity contribution in [3.8, 4) is 0 Å². The third-order valence-corrected chi connectivity index (χ3v) is 7.61. The van der Waals surface area contributed by atoms with Gasteiger partial charge < -0.3 is 10.1 Å². The summed E-state index contributed by atoms with van der Waals surface area (Å²) in [5.74, 6) is 1.85. The van der Waals surface area contributed by atoms with Crippen LogP contribution >= 0.6 is 11.8 Å². The van der Waals surface area contributed by atoms with Gasteiger partial charge in [-0.2, -0.15) is 0 Å². The molecule has 1 aromatic heterocycles. The number of hydrogen-bond donors (Lipinski definition) is 1. The van der Waals surface area contributed by atoms with Crippen LogP contribution in [0.5, 0.6) is 0 Å². The van der Waals surface area contributed by atoms with E-state index in [0.717, 1.165) is 17.8 Å². The van der Waals surface area contributed by atoms with Gasteiger partial charge in [0.15, 0.2) is 6.61 Å². The summed E-state index contributed by atoms with van der Waals surface area (Å²) < 4.78 is 5.25. The third-order valence-electron chi connectivity index (χ3n) is 6.90. The number of carbonyl (C=O) groups excluding carboxylic acids is 2. The molecule has 0 unspecified atom stereocenters. The number of nitrogens with zero attached hydrogens (tertiary/aromatic N) is 1. The monoisotopic (exact) mass is 388 g/mol. The molecule has 4 aliphatic carbocycles. The highest BCUT2D eigenvalue weighted by Gasteiger charge is 2.53. The maximum absolute atomic E-state index is 12.4. The van der Waals surface area contributed by atoms with Crippen LogP contribution in [0.4, 0.5) is 0 Å². The van der Waals surface area contributed by atoms with Crippen molar-refractivity contribution < 1.29 is 14.3 Å². The Morgan fingerprint density at radius 2 is 1.89 bits per heavy atom. The molecule has 0 aliphatic heterocycles. The van der Waals surface area contributed by atoms with Crippen molar-refractivity contribution in [1.82, 2.24) is 10.3 Å². The van der Waals surface area contributed by atoms with Crippen LogP contribution in [0, 0.1) is 23.2 Å². The van der Waals surface area contributed by atoms with E-state index in [2.05, 4.69) is 17.2 Å². The van der Waals surface area contributed by atoms with Crippen molar-refractivity contribution in [2.45, 2.75) is 56.5 Å². The Balaban J connectivity index is 1.32. The Morgan fingerprint density at radius 1 is 1.26 bits per heavy atom. The van der Waals surface area contributed by atoms with E-state index in [9.17, 15) is 9.59 Å². The van der Waals surface area contributed by atoms with Crippen LogP contribution in [0.2, 0.25) is 0 Å². The number of carbonyl (C=O) groups is 2. The average Bonchev–Trinajstić information content (AvgIpc) is 2.65. The predicted octanol–water partition coefficient (Wildman–Crippen LogP) is 3.68. The molecule has 4 saturated carbocycles. The van der Waals surface area contributed by atoms with E-state index < -0.39 is 5.97 Å². The fourth-order valence-corrected chi connectivity index (χ4v) is 6.60. The molecular formula is C21H28N2O3S. The first-order valence-electron chi connectivity index (χ1n) is 9.94. The first kappa shape index (κ1) is 18.8. The van der Waals surface area contributed by atoms with Crippen LogP contribution in [0.15, 0.2) is 23.4 Å². The van der Waals surface area contributed by atoms with E-state index >= 15 is 0 Å². The lowest BCUT2D eigenvalue weighted by Crippen LogP contribution is -2.56. The van der Waals surface area contributed by atoms with Crippen molar-refractivity contribution in [1.29, 1.82) is 0 Å². The minimum atomic E-state index is -0.495. The summed E-state index contributed by atoms with van der Waals surface area (Å²) in [7, 11) is 0. The number of amides is 1. The Hall–Kier alpha value is -1.56. The molecular weight excluding hydrogens is 360 g/mol. The van der Waals surface area contributed by atoms with Crippen molar-refractivity contribution in [3.63, 3.8) is 0 Å². The van der Waals surface area contributed by atoms with Gasteiger partial charge in [-0.1, -0.05) is 0 Å². The fraction of sp³-hybridized carbons (Fsp3) is 0.667. The highest BCUT2D eigenvalue weighted by molar-refractivity contribution is 7.98. The average molecular weight is 389 g/mol. The minimum absolute atomic E-state index is 0.136. The summed E-state index contributed by atoms with van der Waals surface area (Å²) in [6.45, 7) is 1.90. The molecule has 5 rings (SSSR count). The molecule has 1 N–H and O–H groups in total. The van der Waals surface area contributed by atoms with Gasteiger partial charge in [0.1, 0.15) is 5.03 Å². The number of thioether (sulfide) groups is 1. The third kappa shape index (κ3) is 3.73. The van der Waals surface area contributed by atoms with Crippen LogP contribution < -0.4 is 5.32 Å². The zero-order valence-electron chi connectivity index (χ0n) is 16.1. The summed E-state index contributed by atoms with van der Waals surface area (Å²) in [4.78, 5) is 28.9. The maximum atomic E-state index is 12.4. The molecule has 1 aromatic rings. The molecule has 1 atom stereocenters. The lowest BCUT2D eigenvalue weighted by Gasteiger charge is -2.59. The van der Waals surface area contributed by atoms with Gasteiger partial charge in [-0.05, 0) is 87.0 Å². The largest absolute Gasteiger partial charge is 0.452 e. The lowest BCUT2D eigenvalue weighted by atomic mass is 9.48. The Morgan fingerprint density at radius 3 is 2.48 bits per heavy atom. The molecule has 4 fully saturated rings. The molecule has 1 amide bonds.